The zero-order valence-electron chi connectivity index (χ0n) is 18.5. The minimum absolute atomic E-state index is 0.448. The predicted octanol–water partition coefficient (Wildman–Crippen LogP) is 7.36. The van der Waals surface area contributed by atoms with E-state index in [1.807, 2.05) is 36.5 Å². The number of aryl methyl sites for hydroxylation is 1. The lowest BCUT2D eigenvalue weighted by molar-refractivity contribution is 0.466. The Kier molecular flexibility index (Phi) is 15.8. The van der Waals surface area contributed by atoms with E-state index in [-0.39, 0.29) is 0 Å². The van der Waals surface area contributed by atoms with E-state index in [9.17, 15) is 5.11 Å². The maximum absolute atomic E-state index is 10.5. The standard InChI is InChI=1S/C25H42OS2/c1-4-6-8-10-12-14-18-27-20-23-17-16-22(3)25(26)24(23)21-28-19-15-13-11-9-7-5-2/h16-17,20-21,26H,4-15,18-19H2,1-3H3. The first kappa shape index (κ1) is 25.5. The summed E-state index contributed by atoms with van der Waals surface area (Å²) in [6.07, 6.45) is 16.1. The second-order valence-electron chi connectivity index (χ2n) is 7.75. The van der Waals surface area contributed by atoms with Crippen molar-refractivity contribution >= 4 is 34.3 Å². The van der Waals surface area contributed by atoms with Crippen LogP contribution in [-0.2, 0) is 0 Å². The van der Waals surface area contributed by atoms with Crippen LogP contribution >= 0.6 is 23.5 Å². The van der Waals surface area contributed by atoms with Gasteiger partial charge in [-0.05, 0) is 52.9 Å². The molecule has 0 saturated heterocycles. The van der Waals surface area contributed by atoms with Crippen molar-refractivity contribution < 1.29 is 5.11 Å². The monoisotopic (exact) mass is 422 g/mol. The molecule has 160 valence electrons. The summed E-state index contributed by atoms with van der Waals surface area (Å²) in [5.74, 6) is 2.76. The van der Waals surface area contributed by atoms with Crippen molar-refractivity contribution in [1.82, 2.24) is 0 Å². The summed E-state index contributed by atoms with van der Waals surface area (Å²) >= 11 is 3.74. The van der Waals surface area contributed by atoms with Gasteiger partial charge in [0.2, 0.25) is 0 Å². The second kappa shape index (κ2) is 17.3. The fourth-order valence-electron chi connectivity index (χ4n) is 3.18. The minimum Gasteiger partial charge on any atom is -0.507 e. The molecule has 0 aliphatic heterocycles. The van der Waals surface area contributed by atoms with Gasteiger partial charge < -0.3 is 5.11 Å². The number of rotatable bonds is 16. The molecule has 1 aromatic rings. The van der Waals surface area contributed by atoms with Crippen molar-refractivity contribution in [3.8, 4) is 5.75 Å². The molecule has 0 aliphatic carbocycles. The Bertz CT molecular complexity index is 624. The van der Waals surface area contributed by atoms with Crippen LogP contribution in [-0.4, -0.2) is 16.6 Å². The lowest BCUT2D eigenvalue weighted by Gasteiger charge is -2.03. The normalized spacial score (nSPS) is 12.8. The van der Waals surface area contributed by atoms with E-state index in [1.54, 1.807) is 0 Å². The molecule has 0 unspecified atom stereocenters. The van der Waals surface area contributed by atoms with Gasteiger partial charge in [-0.3, -0.25) is 0 Å². The van der Waals surface area contributed by atoms with Gasteiger partial charge in [0.05, 0.1) is 0 Å². The molecular weight excluding hydrogens is 380 g/mol. The van der Waals surface area contributed by atoms with Crippen molar-refractivity contribution in [2.45, 2.75) is 97.8 Å². The number of phenols is 1. The Morgan fingerprint density at radius 1 is 0.714 bits per heavy atom. The van der Waals surface area contributed by atoms with E-state index >= 15 is 0 Å². The summed E-state index contributed by atoms with van der Waals surface area (Å²) in [5.41, 5.74) is 0.962. The first-order valence-electron chi connectivity index (χ1n) is 11.4. The van der Waals surface area contributed by atoms with Gasteiger partial charge in [0.15, 0.2) is 0 Å². The fourth-order valence-corrected chi connectivity index (χ4v) is 4.96. The van der Waals surface area contributed by atoms with Gasteiger partial charge in [0, 0.05) is 5.22 Å². The third-order valence-electron chi connectivity index (χ3n) is 5.10. The average Bonchev–Trinajstić information content (AvgIpc) is 2.70. The van der Waals surface area contributed by atoms with Gasteiger partial charge in [0.25, 0.3) is 0 Å². The Labute approximate surface area is 182 Å². The Morgan fingerprint density at radius 3 is 1.79 bits per heavy atom. The van der Waals surface area contributed by atoms with Crippen LogP contribution in [0, 0.1) is 6.92 Å². The van der Waals surface area contributed by atoms with E-state index in [0.717, 1.165) is 21.8 Å². The van der Waals surface area contributed by atoms with E-state index in [4.69, 9.17) is 0 Å². The number of unbranched alkanes of at least 4 members (excludes halogenated alkanes) is 10. The molecule has 1 aromatic carbocycles. The molecule has 0 radical (unpaired) electrons. The van der Waals surface area contributed by atoms with Gasteiger partial charge in [-0.15, -0.1) is 23.5 Å². The molecule has 1 nitrogen and oxygen atoms in total. The summed E-state index contributed by atoms with van der Waals surface area (Å²) in [4.78, 5) is 0. The summed E-state index contributed by atoms with van der Waals surface area (Å²) in [6.45, 7) is 6.51. The van der Waals surface area contributed by atoms with Crippen molar-refractivity contribution in [3.63, 3.8) is 0 Å². The zero-order valence-corrected chi connectivity index (χ0v) is 20.1. The summed E-state index contributed by atoms with van der Waals surface area (Å²) < 4.78 is 0. The molecule has 1 rings (SSSR count). The zero-order chi connectivity index (χ0) is 20.5. The van der Waals surface area contributed by atoms with Crippen LogP contribution in [0.3, 0.4) is 0 Å². The van der Waals surface area contributed by atoms with Crippen molar-refractivity contribution in [2.75, 3.05) is 11.5 Å². The van der Waals surface area contributed by atoms with E-state index in [2.05, 4.69) is 30.7 Å². The van der Waals surface area contributed by atoms with Crippen molar-refractivity contribution in [1.29, 1.82) is 0 Å². The molecule has 28 heavy (non-hydrogen) atoms. The second-order valence-corrected chi connectivity index (χ2v) is 9.70. The average molecular weight is 423 g/mol. The smallest absolute Gasteiger partial charge is 0.126 e. The predicted molar refractivity (Wildman–Crippen MR) is 133 cm³/mol. The molecule has 0 atom stereocenters. The summed E-state index contributed by atoms with van der Waals surface area (Å²) in [6, 6.07) is 4.18. The first-order chi connectivity index (χ1) is 13.7. The lowest BCUT2D eigenvalue weighted by Crippen LogP contribution is -2.24. The number of hydrogen-bond acceptors (Lipinski definition) is 3. The molecule has 0 aliphatic rings. The maximum atomic E-state index is 10.5. The Hall–Kier alpha value is -0.540. The number of thioether (sulfide) groups is 2. The van der Waals surface area contributed by atoms with E-state index in [0.29, 0.717) is 5.75 Å². The van der Waals surface area contributed by atoms with Gasteiger partial charge in [-0.2, -0.15) is 0 Å². The molecule has 3 heteroatoms. The largest absolute Gasteiger partial charge is 0.507 e. The maximum Gasteiger partial charge on any atom is 0.126 e. The molecule has 1 N–H and O–H groups in total. The van der Waals surface area contributed by atoms with Crippen molar-refractivity contribution in [3.05, 3.63) is 28.1 Å². The van der Waals surface area contributed by atoms with Crippen LogP contribution in [0.15, 0.2) is 12.1 Å². The highest BCUT2D eigenvalue weighted by Crippen LogP contribution is 2.14. The highest BCUT2D eigenvalue weighted by Gasteiger charge is 2.00. The molecule has 0 bridgehead atoms. The molecule has 0 heterocycles. The van der Waals surface area contributed by atoms with Crippen LogP contribution in [0.4, 0.5) is 0 Å². The molecule has 0 amide bonds. The van der Waals surface area contributed by atoms with Gasteiger partial charge >= 0.3 is 0 Å². The van der Waals surface area contributed by atoms with Gasteiger partial charge in [0.1, 0.15) is 5.75 Å². The molecule has 0 spiro atoms. The van der Waals surface area contributed by atoms with Crippen LogP contribution in [0.1, 0.15) is 96.5 Å². The Balaban J connectivity index is 2.49. The van der Waals surface area contributed by atoms with Crippen LogP contribution in [0.5, 0.6) is 5.75 Å². The number of benzene rings is 1. The van der Waals surface area contributed by atoms with E-state index in [1.165, 1.54) is 82.8 Å². The topological polar surface area (TPSA) is 20.2 Å². The van der Waals surface area contributed by atoms with E-state index < -0.39 is 0 Å². The van der Waals surface area contributed by atoms with Gasteiger partial charge in [-0.1, -0.05) is 90.2 Å². The number of aromatic hydroxyl groups is 1. The molecule has 0 saturated carbocycles. The third kappa shape index (κ3) is 11.5. The highest BCUT2D eigenvalue weighted by atomic mass is 32.2. The lowest BCUT2D eigenvalue weighted by atomic mass is 10.1. The van der Waals surface area contributed by atoms with Gasteiger partial charge in [-0.25, -0.2) is 0 Å². The summed E-state index contributed by atoms with van der Waals surface area (Å²) in [5, 5.41) is 17.1. The quantitative estimate of drug-likeness (QED) is 0.281. The molecular formula is C25H42OS2. The van der Waals surface area contributed by atoms with Crippen LogP contribution in [0.25, 0.3) is 10.8 Å². The van der Waals surface area contributed by atoms with Crippen molar-refractivity contribution in [2.24, 2.45) is 0 Å². The first-order valence-corrected chi connectivity index (χ1v) is 13.5. The number of phenolic OH excluding ortho intramolecular Hbond substituents is 1. The third-order valence-corrected chi connectivity index (χ3v) is 6.97. The highest BCUT2D eigenvalue weighted by molar-refractivity contribution is 8.06. The van der Waals surface area contributed by atoms with Crippen LogP contribution in [0.2, 0.25) is 0 Å². The Morgan fingerprint density at radius 2 is 1.21 bits per heavy atom. The fraction of sp³-hybridized carbons (Fsp3) is 0.680. The minimum atomic E-state index is 0.448. The molecule has 0 fully saturated rings. The van der Waals surface area contributed by atoms with Crippen LogP contribution < -0.4 is 10.4 Å². The summed E-state index contributed by atoms with van der Waals surface area (Å²) in [7, 11) is 0. The SMILES string of the molecule is CCCCCCCCSC=c1ccc(C)c(O)c1=CSCCCCCCCC. The number of hydrogen-bond donors (Lipinski definition) is 1. The molecule has 0 aromatic heterocycles.